The number of fused-ring (bicyclic) bond motifs is 1. The lowest BCUT2D eigenvalue weighted by molar-refractivity contribution is -0.122. The van der Waals surface area contributed by atoms with E-state index in [-0.39, 0.29) is 12.0 Å². The molecule has 0 radical (unpaired) electrons. The highest BCUT2D eigenvalue weighted by molar-refractivity contribution is 5.75. The van der Waals surface area contributed by atoms with Gasteiger partial charge in [-0.1, -0.05) is 12.8 Å². The molecule has 1 unspecified atom stereocenters. The number of carbonyl (C=O) groups excluding carboxylic acids is 1. The van der Waals surface area contributed by atoms with Crippen LogP contribution in [-0.2, 0) is 28.9 Å². The third-order valence-electron chi connectivity index (χ3n) is 4.39. The third-order valence-corrected chi connectivity index (χ3v) is 4.39. The molecule has 1 aromatic rings. The van der Waals surface area contributed by atoms with Crippen LogP contribution in [0.1, 0.15) is 49.8 Å². The zero-order valence-electron chi connectivity index (χ0n) is 12.6. The van der Waals surface area contributed by atoms with Crippen LogP contribution >= 0.6 is 0 Å². The minimum atomic E-state index is 0.0287. The number of hydrogen-bond acceptors (Lipinski definition) is 3. The molecule has 1 fully saturated rings. The molecule has 5 heteroatoms. The maximum Gasteiger partial charge on any atom is 0.241 e. The van der Waals surface area contributed by atoms with E-state index in [1.807, 2.05) is 0 Å². The Morgan fingerprint density at radius 2 is 2.14 bits per heavy atom. The van der Waals surface area contributed by atoms with E-state index in [0.717, 1.165) is 32.3 Å². The Labute approximate surface area is 126 Å². The van der Waals surface area contributed by atoms with Crippen molar-refractivity contribution >= 4 is 5.91 Å². The van der Waals surface area contributed by atoms with Crippen LogP contribution < -0.4 is 5.32 Å². The number of aromatic nitrogens is 2. The molecule has 0 spiro atoms. The van der Waals surface area contributed by atoms with Crippen LogP contribution in [0.3, 0.4) is 0 Å². The first-order chi connectivity index (χ1) is 10.3. The summed E-state index contributed by atoms with van der Waals surface area (Å²) >= 11 is 0. The van der Waals surface area contributed by atoms with Gasteiger partial charge in [-0.05, 0) is 44.1 Å². The third kappa shape index (κ3) is 4.06. The fourth-order valence-corrected chi connectivity index (χ4v) is 3.20. The molecule has 2 heterocycles. The van der Waals surface area contributed by atoms with Crippen LogP contribution in [0, 0.1) is 0 Å². The van der Waals surface area contributed by atoms with Gasteiger partial charge in [-0.3, -0.25) is 9.48 Å². The summed E-state index contributed by atoms with van der Waals surface area (Å²) in [7, 11) is 0. The molecular formula is C16H25N3O2. The van der Waals surface area contributed by atoms with E-state index in [1.165, 1.54) is 36.9 Å². The molecule has 3 rings (SSSR count). The maximum absolute atomic E-state index is 12.0. The van der Waals surface area contributed by atoms with Gasteiger partial charge in [0.25, 0.3) is 0 Å². The first-order valence-electron chi connectivity index (χ1n) is 8.25. The van der Waals surface area contributed by atoms with E-state index >= 15 is 0 Å². The summed E-state index contributed by atoms with van der Waals surface area (Å²) in [6.07, 6.45) is 11.6. The number of rotatable bonds is 4. The van der Waals surface area contributed by atoms with Gasteiger partial charge in [0, 0.05) is 19.3 Å². The second-order valence-corrected chi connectivity index (χ2v) is 6.15. The standard InChI is InChI=1S/C16H25N3O2/c20-16(17-10-14-7-5-9-21-14)12-19-11-13-6-3-1-2-4-8-15(13)18-19/h11,14H,1-10,12H2,(H,17,20). The lowest BCUT2D eigenvalue weighted by atomic mass is 9.99. The van der Waals surface area contributed by atoms with Gasteiger partial charge < -0.3 is 10.1 Å². The minimum Gasteiger partial charge on any atom is -0.376 e. The van der Waals surface area contributed by atoms with Crippen molar-refractivity contribution in [3.05, 3.63) is 17.5 Å². The molecule has 0 bridgehead atoms. The highest BCUT2D eigenvalue weighted by atomic mass is 16.5. The molecule has 1 aliphatic heterocycles. The first-order valence-corrected chi connectivity index (χ1v) is 8.25. The highest BCUT2D eigenvalue weighted by Crippen LogP contribution is 2.18. The van der Waals surface area contributed by atoms with Crippen LogP contribution in [0.15, 0.2) is 6.20 Å². The number of amides is 1. The summed E-state index contributed by atoms with van der Waals surface area (Å²) in [5.74, 6) is 0.0287. The van der Waals surface area contributed by atoms with Crippen LogP contribution in [0.25, 0.3) is 0 Å². The molecule has 1 saturated heterocycles. The second kappa shape index (κ2) is 7.07. The van der Waals surface area contributed by atoms with Crippen molar-refractivity contribution < 1.29 is 9.53 Å². The molecule has 0 saturated carbocycles. The molecule has 5 nitrogen and oxygen atoms in total. The van der Waals surface area contributed by atoms with E-state index in [1.54, 1.807) is 4.68 Å². The van der Waals surface area contributed by atoms with Crippen molar-refractivity contribution in [2.45, 2.75) is 64.0 Å². The van der Waals surface area contributed by atoms with Crippen LogP contribution in [0.4, 0.5) is 0 Å². The van der Waals surface area contributed by atoms with Gasteiger partial charge >= 0.3 is 0 Å². The van der Waals surface area contributed by atoms with E-state index in [2.05, 4.69) is 16.6 Å². The average Bonchev–Trinajstić information content (AvgIpc) is 3.07. The van der Waals surface area contributed by atoms with E-state index in [0.29, 0.717) is 13.1 Å². The van der Waals surface area contributed by atoms with Crippen molar-refractivity contribution in [2.75, 3.05) is 13.2 Å². The smallest absolute Gasteiger partial charge is 0.241 e. The molecule has 116 valence electrons. The first kappa shape index (κ1) is 14.6. The fourth-order valence-electron chi connectivity index (χ4n) is 3.20. The predicted molar refractivity (Wildman–Crippen MR) is 80.1 cm³/mol. The van der Waals surface area contributed by atoms with Crippen molar-refractivity contribution in [3.8, 4) is 0 Å². The van der Waals surface area contributed by atoms with Crippen LogP contribution in [0.5, 0.6) is 0 Å². The minimum absolute atomic E-state index is 0.0287. The summed E-state index contributed by atoms with van der Waals surface area (Å²) < 4.78 is 7.32. The van der Waals surface area contributed by atoms with Gasteiger partial charge in [0.15, 0.2) is 0 Å². The Balaban J connectivity index is 1.51. The highest BCUT2D eigenvalue weighted by Gasteiger charge is 2.17. The normalized spacial score (nSPS) is 22.4. The van der Waals surface area contributed by atoms with Crippen molar-refractivity contribution in [1.29, 1.82) is 0 Å². The van der Waals surface area contributed by atoms with Crippen molar-refractivity contribution in [1.82, 2.24) is 15.1 Å². The quantitative estimate of drug-likeness (QED) is 0.921. The zero-order valence-corrected chi connectivity index (χ0v) is 12.6. The predicted octanol–water partition coefficient (Wildman–Crippen LogP) is 1.84. The lowest BCUT2D eigenvalue weighted by Crippen LogP contribution is -2.34. The topological polar surface area (TPSA) is 56.2 Å². The number of aryl methyl sites for hydroxylation is 2. The summed E-state index contributed by atoms with van der Waals surface area (Å²) in [5.41, 5.74) is 2.53. The number of nitrogens with one attached hydrogen (secondary N) is 1. The molecule has 0 aromatic carbocycles. The number of carbonyl (C=O) groups is 1. The largest absolute Gasteiger partial charge is 0.376 e. The zero-order chi connectivity index (χ0) is 14.5. The summed E-state index contributed by atoms with van der Waals surface area (Å²) in [5, 5.41) is 7.55. The van der Waals surface area contributed by atoms with Gasteiger partial charge in [-0.15, -0.1) is 0 Å². The fraction of sp³-hybridized carbons (Fsp3) is 0.750. The molecule has 1 N–H and O–H groups in total. The lowest BCUT2D eigenvalue weighted by Gasteiger charge is -2.10. The SMILES string of the molecule is O=C(Cn1cc2c(n1)CCCCCC2)NCC1CCCO1. The number of hydrogen-bond donors (Lipinski definition) is 1. The Kier molecular flexibility index (Phi) is 4.91. The van der Waals surface area contributed by atoms with Gasteiger partial charge in [0.1, 0.15) is 6.54 Å². The van der Waals surface area contributed by atoms with Gasteiger partial charge in [0.05, 0.1) is 11.8 Å². The second-order valence-electron chi connectivity index (χ2n) is 6.15. The Morgan fingerprint density at radius 3 is 2.95 bits per heavy atom. The molecule has 21 heavy (non-hydrogen) atoms. The Hall–Kier alpha value is -1.36. The van der Waals surface area contributed by atoms with Gasteiger partial charge in [-0.2, -0.15) is 5.10 Å². The summed E-state index contributed by atoms with van der Waals surface area (Å²) in [4.78, 5) is 12.0. The Morgan fingerprint density at radius 1 is 1.29 bits per heavy atom. The van der Waals surface area contributed by atoms with Crippen LogP contribution in [-0.4, -0.2) is 34.9 Å². The number of nitrogens with zero attached hydrogens (tertiary/aromatic N) is 2. The molecule has 1 aromatic heterocycles. The monoisotopic (exact) mass is 291 g/mol. The van der Waals surface area contributed by atoms with Gasteiger partial charge in [0.2, 0.25) is 5.91 Å². The number of ether oxygens (including phenoxy) is 1. The van der Waals surface area contributed by atoms with E-state index in [9.17, 15) is 4.79 Å². The van der Waals surface area contributed by atoms with E-state index < -0.39 is 0 Å². The summed E-state index contributed by atoms with van der Waals surface area (Å²) in [6, 6.07) is 0. The summed E-state index contributed by atoms with van der Waals surface area (Å²) in [6.45, 7) is 1.77. The van der Waals surface area contributed by atoms with Gasteiger partial charge in [-0.25, -0.2) is 0 Å². The molecule has 2 aliphatic rings. The average molecular weight is 291 g/mol. The van der Waals surface area contributed by atoms with Crippen LogP contribution in [0.2, 0.25) is 0 Å². The van der Waals surface area contributed by atoms with Crippen molar-refractivity contribution in [3.63, 3.8) is 0 Å². The van der Waals surface area contributed by atoms with E-state index in [4.69, 9.17) is 4.74 Å². The Bertz CT molecular complexity index is 452. The molecular weight excluding hydrogens is 266 g/mol. The maximum atomic E-state index is 12.0. The molecule has 1 amide bonds. The molecule has 1 atom stereocenters. The van der Waals surface area contributed by atoms with Crippen molar-refractivity contribution in [2.24, 2.45) is 0 Å². The molecule has 1 aliphatic carbocycles.